The second-order valence-corrected chi connectivity index (χ2v) is 15.8. The van der Waals surface area contributed by atoms with Crippen LogP contribution in [0.1, 0.15) is 65.1 Å². The van der Waals surface area contributed by atoms with Crippen molar-refractivity contribution in [1.82, 2.24) is 55.0 Å². The molecule has 5 aromatic rings. The molecular weight excluding hydrogens is 903 g/mol. The Kier molecular flexibility index (Phi) is 15.3. The lowest BCUT2D eigenvalue weighted by Crippen LogP contribution is -2.54. The van der Waals surface area contributed by atoms with Gasteiger partial charge in [-0.25, -0.2) is 14.3 Å². The van der Waals surface area contributed by atoms with Crippen LogP contribution in [0.15, 0.2) is 48.9 Å². The molecule has 25 heteroatoms. The number of piperidine rings is 1. The molecule has 348 valence electrons. The number of methoxy groups -OCH3 is 1. The first kappa shape index (κ1) is 47.2. The Morgan fingerprint density at radius 1 is 0.985 bits per heavy atom. The summed E-state index contributed by atoms with van der Waals surface area (Å²) in [6.07, 6.45) is 4.89. The zero-order chi connectivity index (χ0) is 46.9. The topological polar surface area (TPSA) is 271 Å². The normalized spacial score (nSPS) is 15.2. The van der Waals surface area contributed by atoms with Crippen LogP contribution in [0.3, 0.4) is 0 Å². The first-order chi connectivity index (χ1) is 31.8. The number of carbonyl (C=O) groups is 6. The molecule has 1 aromatic carbocycles. The van der Waals surface area contributed by atoms with Crippen LogP contribution in [0.2, 0.25) is 10.2 Å². The highest BCUT2D eigenvalue weighted by atomic mass is 35.5. The molecule has 2 aliphatic rings. The van der Waals surface area contributed by atoms with Gasteiger partial charge in [-0.1, -0.05) is 29.3 Å². The number of hydrogen-bond acceptors (Lipinski definition) is 16. The lowest BCUT2D eigenvalue weighted by atomic mass is 10.0. The number of fused-ring (bicyclic) bond motifs is 2. The van der Waals surface area contributed by atoms with Gasteiger partial charge in [0.25, 0.3) is 11.8 Å². The number of carbonyl (C=O) groups excluding carboxylic acids is 6. The van der Waals surface area contributed by atoms with Crippen molar-refractivity contribution in [3.05, 3.63) is 75.9 Å². The van der Waals surface area contributed by atoms with Crippen molar-refractivity contribution in [2.24, 2.45) is 0 Å². The molecule has 7 rings (SSSR count). The van der Waals surface area contributed by atoms with Gasteiger partial charge >= 0.3 is 6.03 Å². The standard InChI is InChI=1S/C41H46Cl2N14O9/c1-23(64-3)35-28(22-46-31-21-30(43)53-56(31)35)50-41(63)49-27-20-25(42)36(57-47-11-12-48-57)52-38(27)66-19-14-45-32(58)10-16-54(2)15-5-17-65-18-13-44-26-7-4-6-24-34(26)40(62)55(39(24)61)29-8-9-33(59)51-37(29)60/h4,6-7,11-12,20-23,29,44H,5,8-10,13-19H2,1-3H3,(H,45,58)(H2,49,50,63)(H,51,59,60). The van der Waals surface area contributed by atoms with Crippen LogP contribution in [0.5, 0.6) is 5.88 Å². The van der Waals surface area contributed by atoms with Crippen LogP contribution in [0, 0.1) is 0 Å². The SMILES string of the molecule is COC(C)c1c(NC(=O)Nc2cc(Cl)c(-n3nccn3)nc2OCCNC(=O)CCN(C)CCCOCCNc2cccc3c2C(=O)N(C2CCC(=O)NC2=O)C3=O)cnc2cc(Cl)nn12. The molecule has 5 N–H and O–H groups in total. The number of amides is 7. The van der Waals surface area contributed by atoms with Gasteiger partial charge in [0, 0.05) is 57.9 Å². The molecule has 23 nitrogen and oxygen atoms in total. The number of nitrogens with zero attached hydrogens (tertiary/aromatic N) is 9. The van der Waals surface area contributed by atoms with Crippen LogP contribution in [0.25, 0.3) is 11.5 Å². The van der Waals surface area contributed by atoms with E-state index in [1.165, 1.54) is 47.1 Å². The number of halogens is 2. The number of imide groups is 2. The van der Waals surface area contributed by atoms with Gasteiger partial charge in [-0.3, -0.25) is 34.2 Å². The lowest BCUT2D eigenvalue weighted by Gasteiger charge is -2.27. The molecule has 1 fully saturated rings. The summed E-state index contributed by atoms with van der Waals surface area (Å²) in [6.45, 7) is 4.16. The lowest BCUT2D eigenvalue weighted by molar-refractivity contribution is -0.136. The molecule has 1 saturated heterocycles. The number of benzene rings is 1. The fraction of sp³-hybridized carbons (Fsp3) is 0.390. The number of aromatic nitrogens is 7. The van der Waals surface area contributed by atoms with Crippen molar-refractivity contribution in [3.8, 4) is 11.7 Å². The number of nitrogens with one attached hydrogen (secondary N) is 5. The number of urea groups is 1. The summed E-state index contributed by atoms with van der Waals surface area (Å²) in [5.41, 5.74) is 2.20. The minimum absolute atomic E-state index is 0.0111. The first-order valence-corrected chi connectivity index (χ1v) is 21.5. The van der Waals surface area contributed by atoms with E-state index in [9.17, 15) is 28.8 Å². The van der Waals surface area contributed by atoms with Crippen molar-refractivity contribution in [2.75, 3.05) is 76.1 Å². The summed E-state index contributed by atoms with van der Waals surface area (Å²) < 4.78 is 18.7. The maximum Gasteiger partial charge on any atom is 0.323 e. The van der Waals surface area contributed by atoms with Crippen molar-refractivity contribution < 1.29 is 43.0 Å². The molecule has 0 bridgehead atoms. The third kappa shape index (κ3) is 11.0. The molecule has 2 atom stereocenters. The van der Waals surface area contributed by atoms with E-state index in [1.54, 1.807) is 25.1 Å². The molecule has 7 amide bonds. The molecule has 0 aliphatic carbocycles. The smallest absolute Gasteiger partial charge is 0.323 e. The Bertz CT molecular complexity index is 2630. The number of hydrogen-bond donors (Lipinski definition) is 5. The van der Waals surface area contributed by atoms with Crippen LogP contribution < -0.4 is 31.3 Å². The summed E-state index contributed by atoms with van der Waals surface area (Å²) in [4.78, 5) is 89.4. The Morgan fingerprint density at radius 3 is 2.55 bits per heavy atom. The van der Waals surface area contributed by atoms with Crippen molar-refractivity contribution in [3.63, 3.8) is 0 Å². The second kappa shape index (κ2) is 21.5. The Morgan fingerprint density at radius 2 is 1.77 bits per heavy atom. The summed E-state index contributed by atoms with van der Waals surface area (Å²) in [6, 6.07) is 6.17. The second-order valence-electron chi connectivity index (χ2n) is 15.0. The molecule has 2 aliphatic heterocycles. The molecule has 4 aromatic heterocycles. The van der Waals surface area contributed by atoms with E-state index < -0.39 is 41.8 Å². The summed E-state index contributed by atoms with van der Waals surface area (Å²) in [5.74, 6) is -2.33. The number of rotatable bonds is 21. The van der Waals surface area contributed by atoms with Crippen molar-refractivity contribution in [1.29, 1.82) is 0 Å². The predicted molar refractivity (Wildman–Crippen MR) is 238 cm³/mol. The maximum absolute atomic E-state index is 13.4. The maximum atomic E-state index is 13.4. The molecule has 6 heterocycles. The largest absolute Gasteiger partial charge is 0.474 e. The Labute approximate surface area is 386 Å². The van der Waals surface area contributed by atoms with Gasteiger partial charge in [0.15, 0.2) is 16.6 Å². The van der Waals surface area contributed by atoms with E-state index in [0.29, 0.717) is 62.0 Å². The van der Waals surface area contributed by atoms with Gasteiger partial charge in [-0.15, -0.1) is 4.80 Å². The average Bonchev–Trinajstić information content (AvgIpc) is 4.02. The highest BCUT2D eigenvalue weighted by Gasteiger charge is 2.45. The van der Waals surface area contributed by atoms with Crippen LogP contribution in [0.4, 0.5) is 21.9 Å². The Hall–Kier alpha value is -6.79. The van der Waals surface area contributed by atoms with Crippen LogP contribution in [-0.2, 0) is 23.9 Å². The molecule has 0 spiro atoms. The van der Waals surface area contributed by atoms with E-state index in [-0.39, 0.29) is 77.0 Å². The van der Waals surface area contributed by atoms with Gasteiger partial charge in [0.2, 0.25) is 23.6 Å². The minimum atomic E-state index is -1.04. The third-order valence-corrected chi connectivity index (χ3v) is 11.0. The molecule has 0 saturated carbocycles. The summed E-state index contributed by atoms with van der Waals surface area (Å²) >= 11 is 12.7. The third-order valence-electron chi connectivity index (χ3n) is 10.5. The molecule has 2 unspecified atom stereocenters. The van der Waals surface area contributed by atoms with E-state index in [2.05, 4.69) is 51.8 Å². The Balaban J connectivity index is 0.826. The predicted octanol–water partition coefficient (Wildman–Crippen LogP) is 3.10. The fourth-order valence-electron chi connectivity index (χ4n) is 7.22. The quantitative estimate of drug-likeness (QED) is 0.0522. The highest BCUT2D eigenvalue weighted by molar-refractivity contribution is 6.32. The zero-order valence-electron chi connectivity index (χ0n) is 36.0. The average molecular weight is 950 g/mol. The van der Waals surface area contributed by atoms with E-state index >= 15 is 0 Å². The van der Waals surface area contributed by atoms with E-state index in [1.807, 2.05) is 11.9 Å². The van der Waals surface area contributed by atoms with Gasteiger partial charge in [-0.05, 0) is 45.0 Å². The van der Waals surface area contributed by atoms with Crippen LogP contribution in [-0.4, -0.2) is 146 Å². The summed E-state index contributed by atoms with van der Waals surface area (Å²) in [7, 11) is 3.41. The fourth-order valence-corrected chi connectivity index (χ4v) is 7.62. The van der Waals surface area contributed by atoms with Gasteiger partial charge in [-0.2, -0.15) is 20.3 Å². The molecule has 66 heavy (non-hydrogen) atoms. The summed E-state index contributed by atoms with van der Waals surface area (Å²) in [5, 5.41) is 26.4. The van der Waals surface area contributed by atoms with Gasteiger partial charge in [0.05, 0.1) is 65.4 Å². The van der Waals surface area contributed by atoms with Crippen LogP contribution >= 0.6 is 23.2 Å². The van der Waals surface area contributed by atoms with Crippen molar-refractivity contribution >= 4 is 81.5 Å². The van der Waals surface area contributed by atoms with Crippen molar-refractivity contribution in [2.45, 2.75) is 44.8 Å². The number of pyridine rings is 1. The first-order valence-electron chi connectivity index (χ1n) is 20.8. The van der Waals surface area contributed by atoms with Gasteiger partial charge < -0.3 is 40.4 Å². The zero-order valence-corrected chi connectivity index (χ0v) is 37.5. The highest BCUT2D eigenvalue weighted by Crippen LogP contribution is 2.33. The monoisotopic (exact) mass is 948 g/mol. The van der Waals surface area contributed by atoms with Gasteiger partial charge in [0.1, 0.15) is 18.3 Å². The number of anilines is 3. The number of ether oxygens (including phenoxy) is 3. The minimum Gasteiger partial charge on any atom is -0.474 e. The van der Waals surface area contributed by atoms with E-state index in [0.717, 1.165) is 4.90 Å². The molecule has 0 radical (unpaired) electrons. The molecular formula is C41H46Cl2N14O9. The van der Waals surface area contributed by atoms with E-state index in [4.69, 9.17) is 37.4 Å².